The van der Waals surface area contributed by atoms with Crippen LogP contribution in [-0.4, -0.2) is 35.7 Å². The minimum atomic E-state index is -1.31. The average Bonchev–Trinajstić information content (AvgIpc) is 2.38. The molecule has 6 nitrogen and oxygen atoms in total. The Balaban J connectivity index is 2.74. The lowest BCUT2D eigenvalue weighted by atomic mass is 10.0. The van der Waals surface area contributed by atoms with Gasteiger partial charge in [0.25, 0.3) is 0 Å². The van der Waals surface area contributed by atoms with Gasteiger partial charge in [-0.15, -0.1) is 0 Å². The van der Waals surface area contributed by atoms with Crippen LogP contribution in [-0.2, 0) is 9.59 Å². The Bertz CT molecular complexity index is 532. The summed E-state index contributed by atoms with van der Waals surface area (Å²) in [4.78, 5) is 23.2. The number of carbonyl (C=O) groups excluding carboxylic acids is 2. The Labute approximate surface area is 130 Å². The van der Waals surface area contributed by atoms with Crippen LogP contribution >= 0.6 is 0 Å². The Kier molecular flexibility index (Phi) is 6.52. The number of aliphatic hydroxyl groups excluding tert-OH is 1. The molecule has 4 N–H and O–H groups in total. The number of nitrogens with two attached hydrogens (primary N) is 1. The van der Waals surface area contributed by atoms with Gasteiger partial charge < -0.3 is 25.6 Å². The van der Waals surface area contributed by atoms with E-state index in [9.17, 15) is 19.8 Å². The van der Waals surface area contributed by atoms with Gasteiger partial charge in [0.2, 0.25) is 5.91 Å². The second kappa shape index (κ2) is 7.91. The van der Waals surface area contributed by atoms with Gasteiger partial charge in [0.15, 0.2) is 0 Å². The van der Waals surface area contributed by atoms with Crippen molar-refractivity contribution in [2.24, 2.45) is 0 Å². The van der Waals surface area contributed by atoms with Gasteiger partial charge in [-0.2, -0.15) is 0 Å². The van der Waals surface area contributed by atoms with Crippen molar-refractivity contribution in [3.05, 3.63) is 28.8 Å². The number of hydrogen-bond donors (Lipinski definition) is 3. The first-order chi connectivity index (χ1) is 10.2. The molecule has 1 rings (SSSR count). The van der Waals surface area contributed by atoms with E-state index in [2.05, 4.69) is 5.32 Å². The smallest absolute Gasteiger partial charge is 0.230 e. The number of benzene rings is 1. The molecule has 0 spiro atoms. The van der Waals surface area contributed by atoms with E-state index in [4.69, 9.17) is 0 Å². The summed E-state index contributed by atoms with van der Waals surface area (Å²) in [6.45, 7) is 7.52. The molecule has 0 aromatic heterocycles. The molecule has 0 radical (unpaired) electrons. The number of aliphatic hydroxyl groups is 1. The monoisotopic (exact) mass is 308 g/mol. The Hall–Kier alpha value is -1.92. The molecule has 0 heterocycles. The van der Waals surface area contributed by atoms with E-state index >= 15 is 0 Å². The highest BCUT2D eigenvalue weighted by Crippen LogP contribution is 2.22. The SMILES string of the molecule is Cc1cc(C)c(NC(=O)C[C@H]([NH2+]C[C@H](C)O)C(=O)[O-])c(C)c1. The fraction of sp³-hybridized carbons (Fsp3) is 0.500. The maximum Gasteiger partial charge on any atom is 0.230 e. The molecule has 1 amide bonds. The van der Waals surface area contributed by atoms with E-state index in [1.165, 1.54) is 5.32 Å². The number of carboxylic acids is 1. The lowest BCUT2D eigenvalue weighted by molar-refractivity contribution is -0.687. The largest absolute Gasteiger partial charge is 0.544 e. The average molecular weight is 308 g/mol. The van der Waals surface area contributed by atoms with Gasteiger partial charge in [-0.3, -0.25) is 4.79 Å². The number of hydrogen-bond acceptors (Lipinski definition) is 4. The summed E-state index contributed by atoms with van der Waals surface area (Å²) < 4.78 is 0. The van der Waals surface area contributed by atoms with Gasteiger partial charge in [0.05, 0.1) is 18.5 Å². The fourth-order valence-corrected chi connectivity index (χ4v) is 2.39. The van der Waals surface area contributed by atoms with E-state index in [0.717, 1.165) is 16.7 Å². The summed E-state index contributed by atoms with van der Waals surface area (Å²) in [6.07, 6.45) is -0.853. The zero-order valence-electron chi connectivity index (χ0n) is 13.5. The third-order valence-electron chi connectivity index (χ3n) is 3.41. The molecule has 6 heteroatoms. The Morgan fingerprint density at radius 2 is 1.82 bits per heavy atom. The van der Waals surface area contributed by atoms with Gasteiger partial charge >= 0.3 is 0 Å². The zero-order chi connectivity index (χ0) is 16.9. The lowest BCUT2D eigenvalue weighted by Gasteiger charge is -2.18. The first-order valence-electron chi connectivity index (χ1n) is 7.30. The molecule has 0 bridgehead atoms. The van der Waals surface area contributed by atoms with E-state index in [1.54, 1.807) is 6.92 Å². The summed E-state index contributed by atoms with van der Waals surface area (Å²) in [7, 11) is 0. The van der Waals surface area contributed by atoms with E-state index < -0.39 is 18.1 Å². The third-order valence-corrected chi connectivity index (χ3v) is 3.41. The summed E-state index contributed by atoms with van der Waals surface area (Å²) >= 11 is 0. The molecular weight excluding hydrogens is 284 g/mol. The van der Waals surface area contributed by atoms with Crippen LogP contribution < -0.4 is 15.7 Å². The van der Waals surface area contributed by atoms with Crippen LogP contribution in [0.1, 0.15) is 30.0 Å². The molecule has 0 saturated carbocycles. The van der Waals surface area contributed by atoms with E-state index in [0.29, 0.717) is 5.69 Å². The van der Waals surface area contributed by atoms with Crippen LogP contribution in [0.25, 0.3) is 0 Å². The molecule has 22 heavy (non-hydrogen) atoms. The van der Waals surface area contributed by atoms with E-state index in [1.807, 2.05) is 32.9 Å². The molecule has 1 aromatic rings. The molecule has 0 saturated heterocycles. The molecule has 0 aliphatic rings. The van der Waals surface area contributed by atoms with Crippen LogP contribution in [0, 0.1) is 20.8 Å². The van der Waals surface area contributed by atoms with Crippen LogP contribution in [0.4, 0.5) is 5.69 Å². The highest BCUT2D eigenvalue weighted by atomic mass is 16.4. The quantitative estimate of drug-likeness (QED) is 0.601. The number of nitrogens with one attached hydrogen (secondary N) is 1. The van der Waals surface area contributed by atoms with Crippen molar-refractivity contribution in [1.29, 1.82) is 0 Å². The standard InChI is InChI=1S/C16H24N2O4/c1-9-5-10(2)15(11(3)6-9)18-14(20)7-13(16(21)22)17-8-12(4)19/h5-6,12-13,17,19H,7-8H2,1-4H3,(H,18,20)(H,21,22)/t12-,13-/m0/s1. The number of anilines is 1. The number of rotatable bonds is 7. The summed E-state index contributed by atoms with van der Waals surface area (Å²) in [5.74, 6) is -1.70. The fourth-order valence-electron chi connectivity index (χ4n) is 2.39. The van der Waals surface area contributed by atoms with Gasteiger partial charge in [0, 0.05) is 5.69 Å². The lowest BCUT2D eigenvalue weighted by Crippen LogP contribution is -2.94. The highest BCUT2D eigenvalue weighted by molar-refractivity contribution is 5.94. The maximum atomic E-state index is 12.1. The molecule has 1 aromatic carbocycles. The minimum Gasteiger partial charge on any atom is -0.544 e. The molecule has 0 unspecified atom stereocenters. The number of carboxylic acid groups (broad SMARTS) is 1. The second-order valence-corrected chi connectivity index (χ2v) is 5.77. The van der Waals surface area contributed by atoms with Gasteiger partial charge in [-0.1, -0.05) is 17.7 Å². The van der Waals surface area contributed by atoms with Crippen molar-refractivity contribution in [3.63, 3.8) is 0 Å². The van der Waals surface area contributed by atoms with Crippen LogP contribution in [0.5, 0.6) is 0 Å². The predicted molar refractivity (Wildman–Crippen MR) is 81.2 cm³/mol. The minimum absolute atomic E-state index is 0.203. The number of quaternary nitrogens is 1. The van der Waals surface area contributed by atoms with E-state index in [-0.39, 0.29) is 18.9 Å². The van der Waals surface area contributed by atoms with Crippen LogP contribution in [0.15, 0.2) is 12.1 Å². The topological polar surface area (TPSA) is 106 Å². The first-order valence-corrected chi connectivity index (χ1v) is 7.30. The Morgan fingerprint density at radius 3 is 2.27 bits per heavy atom. The Morgan fingerprint density at radius 1 is 1.27 bits per heavy atom. The van der Waals surface area contributed by atoms with Crippen molar-refractivity contribution < 1.29 is 25.1 Å². The van der Waals surface area contributed by atoms with Gasteiger partial charge in [0.1, 0.15) is 12.6 Å². The van der Waals surface area contributed by atoms with Crippen molar-refractivity contribution in [3.8, 4) is 0 Å². The first kappa shape index (κ1) is 18.1. The molecule has 2 atom stereocenters. The van der Waals surface area contributed by atoms with Crippen molar-refractivity contribution in [2.75, 3.05) is 11.9 Å². The number of aryl methyl sites for hydroxylation is 3. The summed E-state index contributed by atoms with van der Waals surface area (Å²) in [6, 6.07) is 2.90. The maximum absolute atomic E-state index is 12.1. The van der Waals surface area contributed by atoms with Crippen LogP contribution in [0.3, 0.4) is 0 Å². The van der Waals surface area contributed by atoms with Gasteiger partial charge in [-0.25, -0.2) is 0 Å². The van der Waals surface area contributed by atoms with Crippen molar-refractivity contribution in [2.45, 2.75) is 46.3 Å². The normalized spacial score (nSPS) is 13.5. The van der Waals surface area contributed by atoms with Crippen molar-refractivity contribution in [1.82, 2.24) is 0 Å². The number of amides is 1. The van der Waals surface area contributed by atoms with Gasteiger partial charge in [-0.05, 0) is 38.8 Å². The predicted octanol–water partition coefficient (Wildman–Crippen LogP) is -0.997. The molecule has 0 fully saturated rings. The van der Waals surface area contributed by atoms with Crippen molar-refractivity contribution >= 4 is 17.6 Å². The highest BCUT2D eigenvalue weighted by Gasteiger charge is 2.20. The summed E-state index contributed by atoms with van der Waals surface area (Å²) in [5, 5.41) is 24.5. The second-order valence-electron chi connectivity index (χ2n) is 5.77. The molecule has 122 valence electrons. The van der Waals surface area contributed by atoms with Crippen LogP contribution in [0.2, 0.25) is 0 Å². The third kappa shape index (κ3) is 5.46. The number of aliphatic carboxylic acids is 1. The zero-order valence-corrected chi connectivity index (χ0v) is 13.5. The molecular formula is C16H24N2O4. The number of carbonyl (C=O) groups is 2. The summed E-state index contributed by atoms with van der Waals surface area (Å²) in [5.41, 5.74) is 3.68. The molecule has 0 aliphatic heterocycles. The molecule has 0 aliphatic carbocycles.